The topological polar surface area (TPSA) is 61.9 Å². The van der Waals surface area contributed by atoms with Crippen molar-refractivity contribution in [3.8, 4) is 0 Å². The SMILES string of the molecule is CC(=O)NC1CN(C(=O)N2CCOCC2)C1. The number of rotatable bonds is 1. The maximum atomic E-state index is 11.9. The van der Waals surface area contributed by atoms with Crippen LogP contribution in [0.25, 0.3) is 0 Å². The first kappa shape index (κ1) is 11.2. The maximum Gasteiger partial charge on any atom is 0.320 e. The van der Waals surface area contributed by atoms with Crippen LogP contribution in [0.15, 0.2) is 0 Å². The molecule has 16 heavy (non-hydrogen) atoms. The van der Waals surface area contributed by atoms with E-state index in [-0.39, 0.29) is 18.0 Å². The highest BCUT2D eigenvalue weighted by Crippen LogP contribution is 2.12. The summed E-state index contributed by atoms with van der Waals surface area (Å²) in [5.41, 5.74) is 0. The summed E-state index contributed by atoms with van der Waals surface area (Å²) in [5.74, 6) is -0.0385. The number of hydrogen-bond donors (Lipinski definition) is 1. The lowest BCUT2D eigenvalue weighted by atomic mass is 10.1. The van der Waals surface area contributed by atoms with E-state index < -0.39 is 0 Å². The molecule has 90 valence electrons. The highest BCUT2D eigenvalue weighted by Gasteiger charge is 2.33. The second kappa shape index (κ2) is 4.69. The van der Waals surface area contributed by atoms with Crippen molar-refractivity contribution >= 4 is 11.9 Å². The molecule has 6 heteroatoms. The van der Waals surface area contributed by atoms with Crippen LogP contribution in [-0.2, 0) is 9.53 Å². The standard InChI is InChI=1S/C10H17N3O3/c1-8(14)11-9-6-13(7-9)10(15)12-2-4-16-5-3-12/h9H,2-7H2,1H3,(H,11,14). The first-order valence-electron chi connectivity index (χ1n) is 5.55. The average molecular weight is 227 g/mol. The molecule has 0 saturated carbocycles. The molecule has 2 rings (SSSR count). The molecule has 0 atom stereocenters. The molecule has 2 heterocycles. The number of morpholine rings is 1. The lowest BCUT2D eigenvalue weighted by Gasteiger charge is -2.42. The normalized spacial score (nSPS) is 21.6. The third-order valence-electron chi connectivity index (χ3n) is 2.84. The molecule has 2 fully saturated rings. The zero-order valence-electron chi connectivity index (χ0n) is 9.44. The van der Waals surface area contributed by atoms with Crippen LogP contribution in [0.2, 0.25) is 0 Å². The number of likely N-dealkylation sites (tertiary alicyclic amines) is 1. The van der Waals surface area contributed by atoms with Gasteiger partial charge in [-0.15, -0.1) is 0 Å². The minimum Gasteiger partial charge on any atom is -0.378 e. The summed E-state index contributed by atoms with van der Waals surface area (Å²) in [6.45, 7) is 5.31. The molecular formula is C10H17N3O3. The van der Waals surface area contributed by atoms with E-state index in [0.717, 1.165) is 0 Å². The Bertz CT molecular complexity index is 283. The number of ether oxygens (including phenoxy) is 1. The third-order valence-corrected chi connectivity index (χ3v) is 2.84. The van der Waals surface area contributed by atoms with E-state index in [4.69, 9.17) is 4.74 Å². The molecule has 0 radical (unpaired) electrons. The Morgan fingerprint density at radius 2 is 1.81 bits per heavy atom. The minimum absolute atomic E-state index is 0.0385. The van der Waals surface area contributed by atoms with Crippen LogP contribution in [0.3, 0.4) is 0 Å². The van der Waals surface area contributed by atoms with Crippen molar-refractivity contribution in [2.45, 2.75) is 13.0 Å². The fraction of sp³-hybridized carbons (Fsp3) is 0.800. The predicted octanol–water partition coefficient (Wildman–Crippen LogP) is -0.741. The molecular weight excluding hydrogens is 210 g/mol. The van der Waals surface area contributed by atoms with Crippen molar-refractivity contribution in [1.29, 1.82) is 0 Å². The van der Waals surface area contributed by atoms with E-state index in [1.165, 1.54) is 6.92 Å². The Hall–Kier alpha value is -1.30. The number of urea groups is 1. The Morgan fingerprint density at radius 3 is 2.38 bits per heavy atom. The third kappa shape index (κ3) is 2.44. The van der Waals surface area contributed by atoms with Crippen LogP contribution in [0.5, 0.6) is 0 Å². The van der Waals surface area contributed by atoms with Gasteiger partial charge in [0.15, 0.2) is 0 Å². The molecule has 2 aliphatic rings. The van der Waals surface area contributed by atoms with Crippen LogP contribution < -0.4 is 5.32 Å². The van der Waals surface area contributed by atoms with Gasteiger partial charge in [-0.1, -0.05) is 0 Å². The number of carbonyl (C=O) groups excluding carboxylic acids is 2. The van der Waals surface area contributed by atoms with Gasteiger partial charge in [0, 0.05) is 33.1 Å². The summed E-state index contributed by atoms with van der Waals surface area (Å²) >= 11 is 0. The van der Waals surface area contributed by atoms with Crippen molar-refractivity contribution in [2.75, 3.05) is 39.4 Å². The number of nitrogens with one attached hydrogen (secondary N) is 1. The van der Waals surface area contributed by atoms with Gasteiger partial charge in [0.2, 0.25) is 5.91 Å². The smallest absolute Gasteiger partial charge is 0.320 e. The first-order valence-corrected chi connectivity index (χ1v) is 5.55. The highest BCUT2D eigenvalue weighted by molar-refractivity contribution is 5.77. The molecule has 0 bridgehead atoms. The minimum atomic E-state index is -0.0385. The molecule has 0 aromatic carbocycles. The molecule has 1 N–H and O–H groups in total. The summed E-state index contributed by atoms with van der Waals surface area (Å²) in [4.78, 5) is 26.2. The van der Waals surface area contributed by atoms with E-state index in [1.54, 1.807) is 9.80 Å². The average Bonchev–Trinajstić information content (AvgIpc) is 2.23. The molecule has 0 aromatic rings. The lowest BCUT2D eigenvalue weighted by molar-refractivity contribution is -0.120. The molecule has 2 saturated heterocycles. The fourth-order valence-corrected chi connectivity index (χ4v) is 1.97. The Balaban J connectivity index is 1.74. The molecule has 3 amide bonds. The van der Waals surface area contributed by atoms with E-state index >= 15 is 0 Å². The van der Waals surface area contributed by atoms with E-state index in [2.05, 4.69) is 5.32 Å². The van der Waals surface area contributed by atoms with Gasteiger partial charge >= 0.3 is 6.03 Å². The van der Waals surface area contributed by atoms with Crippen molar-refractivity contribution in [1.82, 2.24) is 15.1 Å². The van der Waals surface area contributed by atoms with Gasteiger partial charge in [0.1, 0.15) is 0 Å². The van der Waals surface area contributed by atoms with Gasteiger partial charge in [-0.25, -0.2) is 4.79 Å². The maximum absolute atomic E-state index is 11.9. The first-order chi connectivity index (χ1) is 7.66. The Labute approximate surface area is 94.5 Å². The van der Waals surface area contributed by atoms with E-state index in [9.17, 15) is 9.59 Å². The number of carbonyl (C=O) groups is 2. The second-order valence-electron chi connectivity index (χ2n) is 4.18. The van der Waals surface area contributed by atoms with E-state index in [1.807, 2.05) is 0 Å². The van der Waals surface area contributed by atoms with Crippen molar-refractivity contribution in [2.24, 2.45) is 0 Å². The molecule has 6 nitrogen and oxygen atoms in total. The Morgan fingerprint density at radius 1 is 1.19 bits per heavy atom. The van der Waals surface area contributed by atoms with Crippen LogP contribution in [0.4, 0.5) is 4.79 Å². The van der Waals surface area contributed by atoms with Crippen molar-refractivity contribution in [3.63, 3.8) is 0 Å². The number of hydrogen-bond acceptors (Lipinski definition) is 3. The van der Waals surface area contributed by atoms with Crippen LogP contribution in [-0.4, -0.2) is 67.2 Å². The molecule has 0 unspecified atom stereocenters. The number of amides is 3. The molecule has 0 aromatic heterocycles. The zero-order chi connectivity index (χ0) is 11.5. The number of nitrogens with zero attached hydrogens (tertiary/aromatic N) is 2. The molecule has 0 aliphatic carbocycles. The van der Waals surface area contributed by atoms with Gasteiger partial charge < -0.3 is 19.9 Å². The van der Waals surface area contributed by atoms with Gasteiger partial charge in [-0.2, -0.15) is 0 Å². The predicted molar refractivity (Wildman–Crippen MR) is 57.0 cm³/mol. The lowest BCUT2D eigenvalue weighted by Crippen LogP contribution is -2.63. The van der Waals surface area contributed by atoms with Gasteiger partial charge in [-0.05, 0) is 0 Å². The van der Waals surface area contributed by atoms with Crippen molar-refractivity contribution in [3.05, 3.63) is 0 Å². The van der Waals surface area contributed by atoms with Gasteiger partial charge in [-0.3, -0.25) is 4.79 Å². The summed E-state index contributed by atoms with van der Waals surface area (Å²) < 4.78 is 5.19. The second-order valence-corrected chi connectivity index (χ2v) is 4.18. The zero-order valence-corrected chi connectivity index (χ0v) is 9.44. The summed E-state index contributed by atoms with van der Waals surface area (Å²) in [7, 11) is 0. The van der Waals surface area contributed by atoms with E-state index in [0.29, 0.717) is 39.4 Å². The van der Waals surface area contributed by atoms with Gasteiger partial charge in [0.05, 0.1) is 19.3 Å². The quantitative estimate of drug-likeness (QED) is 0.641. The highest BCUT2D eigenvalue weighted by atomic mass is 16.5. The van der Waals surface area contributed by atoms with Crippen LogP contribution >= 0.6 is 0 Å². The Kier molecular flexibility index (Phi) is 3.28. The monoisotopic (exact) mass is 227 g/mol. The van der Waals surface area contributed by atoms with Crippen molar-refractivity contribution < 1.29 is 14.3 Å². The summed E-state index contributed by atoms with van der Waals surface area (Å²) in [6, 6.07) is 0.187. The van der Waals surface area contributed by atoms with Crippen LogP contribution in [0, 0.1) is 0 Å². The van der Waals surface area contributed by atoms with Gasteiger partial charge in [0.25, 0.3) is 0 Å². The summed E-state index contributed by atoms with van der Waals surface area (Å²) in [6.07, 6.45) is 0. The molecule has 2 aliphatic heterocycles. The fourth-order valence-electron chi connectivity index (χ4n) is 1.97. The summed E-state index contributed by atoms with van der Waals surface area (Å²) in [5, 5.41) is 2.79. The van der Waals surface area contributed by atoms with Crippen LogP contribution in [0.1, 0.15) is 6.92 Å². The molecule has 0 spiro atoms. The largest absolute Gasteiger partial charge is 0.378 e.